The van der Waals surface area contributed by atoms with Crippen molar-refractivity contribution in [2.75, 3.05) is 13.1 Å². The molecule has 1 saturated heterocycles. The first kappa shape index (κ1) is 19.2. The van der Waals surface area contributed by atoms with Crippen molar-refractivity contribution < 1.29 is 22.8 Å². The Balaban J connectivity index is 1.46. The molecule has 2 amide bonds. The van der Waals surface area contributed by atoms with Crippen molar-refractivity contribution in [3.8, 4) is 0 Å². The monoisotopic (exact) mass is 395 g/mol. The number of hydrogen-bond donors (Lipinski definition) is 1. The minimum atomic E-state index is -2.55. The maximum absolute atomic E-state index is 13.6. The number of rotatable bonds is 3. The summed E-state index contributed by atoms with van der Waals surface area (Å²) in [5, 5.41) is 0. The maximum atomic E-state index is 13.6. The van der Waals surface area contributed by atoms with Crippen molar-refractivity contribution in [1.29, 1.82) is 0 Å². The molecule has 1 atom stereocenters. The lowest BCUT2D eigenvalue weighted by molar-refractivity contribution is -0.123. The zero-order chi connectivity index (χ0) is 20.1. The molecule has 5 nitrogen and oxygen atoms in total. The van der Waals surface area contributed by atoms with E-state index in [0.29, 0.717) is 44.3 Å². The standard InChI is InChI=1S/C20H24F3N3O2/c21-12-1-2-15-16(11-12)19(28)26(17(15)18(24)27)14-5-9-25(10-6-14)13-3-7-20(22,23)8-4-13/h1-2,11,13-14,17H,3-10H2,(H2,24,27). The fourth-order valence-corrected chi connectivity index (χ4v) is 4.94. The summed E-state index contributed by atoms with van der Waals surface area (Å²) in [6.45, 7) is 1.36. The molecule has 0 aromatic heterocycles. The highest BCUT2D eigenvalue weighted by Gasteiger charge is 2.45. The molecule has 8 heteroatoms. The van der Waals surface area contributed by atoms with Crippen LogP contribution in [0.4, 0.5) is 13.2 Å². The van der Waals surface area contributed by atoms with Gasteiger partial charge in [0.05, 0.1) is 0 Å². The predicted molar refractivity (Wildman–Crippen MR) is 96.3 cm³/mol. The van der Waals surface area contributed by atoms with E-state index in [1.54, 1.807) is 0 Å². The Kier molecular flexibility index (Phi) is 4.85. The van der Waals surface area contributed by atoms with Crippen LogP contribution in [0.3, 0.4) is 0 Å². The average molecular weight is 395 g/mol. The van der Waals surface area contributed by atoms with Crippen LogP contribution in [0.1, 0.15) is 60.5 Å². The van der Waals surface area contributed by atoms with Crippen LogP contribution in [-0.4, -0.2) is 52.7 Å². The van der Waals surface area contributed by atoms with Crippen molar-refractivity contribution >= 4 is 11.8 Å². The first-order chi connectivity index (χ1) is 13.3. The smallest absolute Gasteiger partial charge is 0.255 e. The third-order valence-corrected chi connectivity index (χ3v) is 6.42. The van der Waals surface area contributed by atoms with Crippen LogP contribution in [0.25, 0.3) is 0 Å². The molecule has 2 heterocycles. The van der Waals surface area contributed by atoms with Crippen LogP contribution in [0, 0.1) is 5.82 Å². The molecule has 2 aliphatic heterocycles. The molecule has 2 fully saturated rings. The summed E-state index contributed by atoms with van der Waals surface area (Å²) in [5.74, 6) is -4.07. The lowest BCUT2D eigenvalue weighted by Crippen LogP contribution is -2.51. The molecule has 2 N–H and O–H groups in total. The van der Waals surface area contributed by atoms with E-state index in [4.69, 9.17) is 5.73 Å². The van der Waals surface area contributed by atoms with E-state index in [1.807, 2.05) is 0 Å². The number of carbonyl (C=O) groups excluding carboxylic acids is 2. The number of primary amides is 1. The van der Waals surface area contributed by atoms with Gasteiger partial charge in [-0.15, -0.1) is 0 Å². The van der Waals surface area contributed by atoms with E-state index in [9.17, 15) is 22.8 Å². The molecule has 1 aliphatic carbocycles. The molecular weight excluding hydrogens is 371 g/mol. The van der Waals surface area contributed by atoms with Gasteiger partial charge < -0.3 is 15.5 Å². The lowest BCUT2D eigenvalue weighted by atomic mass is 9.89. The number of benzene rings is 1. The number of carbonyl (C=O) groups is 2. The van der Waals surface area contributed by atoms with Crippen LogP contribution in [0.15, 0.2) is 18.2 Å². The minimum Gasteiger partial charge on any atom is -0.368 e. The van der Waals surface area contributed by atoms with Gasteiger partial charge >= 0.3 is 0 Å². The zero-order valence-electron chi connectivity index (χ0n) is 15.5. The van der Waals surface area contributed by atoms with Crippen molar-refractivity contribution in [2.45, 2.75) is 62.6 Å². The molecule has 0 bridgehead atoms. The number of fused-ring (bicyclic) bond motifs is 1. The van der Waals surface area contributed by atoms with Gasteiger partial charge in [0.1, 0.15) is 11.9 Å². The molecule has 0 radical (unpaired) electrons. The van der Waals surface area contributed by atoms with E-state index in [0.717, 1.165) is 6.07 Å². The Morgan fingerprint density at radius 1 is 1.07 bits per heavy atom. The SMILES string of the molecule is NC(=O)C1c2ccc(F)cc2C(=O)N1C1CCN(C2CCC(F)(F)CC2)CC1. The Labute approximate surface area is 161 Å². The minimum absolute atomic E-state index is 0.0766. The predicted octanol–water partition coefficient (Wildman–Crippen LogP) is 2.85. The third-order valence-electron chi connectivity index (χ3n) is 6.42. The van der Waals surface area contributed by atoms with Crippen molar-refractivity contribution in [3.63, 3.8) is 0 Å². The first-order valence-corrected chi connectivity index (χ1v) is 9.80. The molecular formula is C20H24F3N3O2. The van der Waals surface area contributed by atoms with E-state index in [-0.39, 0.29) is 36.4 Å². The molecule has 1 aromatic carbocycles. The van der Waals surface area contributed by atoms with Crippen LogP contribution in [0.5, 0.6) is 0 Å². The highest BCUT2D eigenvalue weighted by Crippen LogP contribution is 2.39. The Morgan fingerprint density at radius 2 is 1.71 bits per heavy atom. The van der Waals surface area contributed by atoms with Gasteiger partial charge in [-0.3, -0.25) is 9.59 Å². The normalized spacial score (nSPS) is 26.5. The van der Waals surface area contributed by atoms with E-state index < -0.39 is 23.7 Å². The molecule has 4 rings (SSSR count). The highest BCUT2D eigenvalue weighted by atomic mass is 19.3. The molecule has 152 valence electrons. The fourth-order valence-electron chi connectivity index (χ4n) is 4.94. The van der Waals surface area contributed by atoms with Crippen LogP contribution in [-0.2, 0) is 4.79 Å². The number of halogens is 3. The zero-order valence-corrected chi connectivity index (χ0v) is 15.5. The van der Waals surface area contributed by atoms with Gasteiger partial charge in [-0.25, -0.2) is 13.2 Å². The largest absolute Gasteiger partial charge is 0.368 e. The van der Waals surface area contributed by atoms with Crippen molar-refractivity contribution in [2.24, 2.45) is 5.73 Å². The number of nitrogens with zero attached hydrogens (tertiary/aromatic N) is 2. The number of alkyl halides is 2. The number of hydrogen-bond acceptors (Lipinski definition) is 3. The van der Waals surface area contributed by atoms with Gasteiger partial charge in [-0.2, -0.15) is 0 Å². The van der Waals surface area contributed by atoms with Gasteiger partial charge in [-0.1, -0.05) is 6.07 Å². The topological polar surface area (TPSA) is 66.6 Å². The number of amides is 2. The number of nitrogens with two attached hydrogens (primary N) is 1. The second-order valence-electron chi connectivity index (χ2n) is 8.10. The lowest BCUT2D eigenvalue weighted by Gasteiger charge is -2.43. The van der Waals surface area contributed by atoms with Gasteiger partial charge in [0.25, 0.3) is 5.91 Å². The van der Waals surface area contributed by atoms with Gasteiger partial charge in [0.2, 0.25) is 11.8 Å². The summed E-state index contributed by atoms with van der Waals surface area (Å²) in [4.78, 5) is 28.7. The van der Waals surface area contributed by atoms with E-state index >= 15 is 0 Å². The Morgan fingerprint density at radius 3 is 2.32 bits per heavy atom. The van der Waals surface area contributed by atoms with Gasteiger partial charge in [0, 0.05) is 43.6 Å². The third kappa shape index (κ3) is 3.38. The van der Waals surface area contributed by atoms with Gasteiger partial charge in [-0.05, 0) is 43.4 Å². The highest BCUT2D eigenvalue weighted by molar-refractivity contribution is 6.04. The van der Waals surface area contributed by atoms with Crippen LogP contribution in [0.2, 0.25) is 0 Å². The van der Waals surface area contributed by atoms with Gasteiger partial charge in [0.15, 0.2) is 0 Å². The van der Waals surface area contributed by atoms with E-state index in [1.165, 1.54) is 17.0 Å². The van der Waals surface area contributed by atoms with Crippen LogP contribution >= 0.6 is 0 Å². The fraction of sp³-hybridized carbons (Fsp3) is 0.600. The average Bonchev–Trinajstić information content (AvgIpc) is 2.94. The summed E-state index contributed by atoms with van der Waals surface area (Å²) in [6.07, 6.45) is 2.08. The summed E-state index contributed by atoms with van der Waals surface area (Å²) in [7, 11) is 0. The second-order valence-corrected chi connectivity index (χ2v) is 8.10. The molecule has 28 heavy (non-hydrogen) atoms. The maximum Gasteiger partial charge on any atom is 0.255 e. The molecule has 1 unspecified atom stereocenters. The molecule has 3 aliphatic rings. The Hall–Kier alpha value is -2.09. The Bertz CT molecular complexity index is 783. The van der Waals surface area contributed by atoms with Crippen molar-refractivity contribution in [3.05, 3.63) is 35.1 Å². The molecule has 0 spiro atoms. The first-order valence-electron chi connectivity index (χ1n) is 9.80. The van der Waals surface area contributed by atoms with Crippen molar-refractivity contribution in [1.82, 2.24) is 9.80 Å². The van der Waals surface area contributed by atoms with Crippen LogP contribution < -0.4 is 5.73 Å². The summed E-state index contributed by atoms with van der Waals surface area (Å²) in [5.41, 5.74) is 6.22. The quantitative estimate of drug-likeness (QED) is 0.856. The second kappa shape index (κ2) is 7.06. The summed E-state index contributed by atoms with van der Waals surface area (Å²) < 4.78 is 40.4. The molecule has 1 aromatic rings. The number of piperidine rings is 1. The number of likely N-dealkylation sites (tertiary alicyclic amines) is 1. The summed E-state index contributed by atoms with van der Waals surface area (Å²) in [6, 6.07) is 2.93. The molecule has 1 saturated carbocycles. The van der Waals surface area contributed by atoms with E-state index in [2.05, 4.69) is 4.90 Å². The summed E-state index contributed by atoms with van der Waals surface area (Å²) >= 11 is 0.